The summed E-state index contributed by atoms with van der Waals surface area (Å²) >= 11 is 5.87. The van der Waals surface area contributed by atoms with Crippen molar-refractivity contribution in [2.45, 2.75) is 4.90 Å². The summed E-state index contributed by atoms with van der Waals surface area (Å²) in [6.45, 7) is 0. The molecule has 0 fully saturated rings. The second-order valence-electron chi connectivity index (χ2n) is 7.23. The van der Waals surface area contributed by atoms with Crippen LogP contribution in [-0.2, 0) is 10.0 Å². The molecule has 0 aliphatic heterocycles. The lowest BCUT2D eigenvalue weighted by molar-refractivity contribution is 0.0960. The number of hydrogen-bond acceptors (Lipinski definition) is 7. The first-order valence-electron chi connectivity index (χ1n) is 10.1. The summed E-state index contributed by atoms with van der Waals surface area (Å²) in [5.74, 6) is -2.96. The highest BCUT2D eigenvalue weighted by Crippen LogP contribution is 2.38. The van der Waals surface area contributed by atoms with Gasteiger partial charge < -0.3 is 14.8 Å². The molecule has 0 radical (unpaired) electrons. The standard InChI is InChI=1S/C22H18ClF2N5O5S/c1-26-20(31)19-15-7-4-12(22(35-3)30(15)10-28-19)17-13(24)5-6-14(18(17)25)29-36(32,33)16-8-11(23)9-27-21(16)34-2/h4-10,29H,1-3H3,(H,26,31). The van der Waals surface area contributed by atoms with Gasteiger partial charge in [-0.05, 0) is 30.3 Å². The van der Waals surface area contributed by atoms with E-state index in [2.05, 4.69) is 20.0 Å². The molecular weight excluding hydrogens is 520 g/mol. The maximum absolute atomic E-state index is 15.6. The van der Waals surface area contributed by atoms with E-state index in [1.54, 1.807) is 0 Å². The highest BCUT2D eigenvalue weighted by molar-refractivity contribution is 7.92. The third-order valence-electron chi connectivity index (χ3n) is 5.17. The molecule has 0 aliphatic rings. The van der Waals surface area contributed by atoms with Gasteiger partial charge in [0.05, 0.1) is 36.0 Å². The van der Waals surface area contributed by atoms with E-state index in [-0.39, 0.29) is 28.0 Å². The molecular formula is C22H18ClF2N5O5S. The van der Waals surface area contributed by atoms with Crippen LogP contribution in [0.5, 0.6) is 11.8 Å². The van der Waals surface area contributed by atoms with E-state index in [9.17, 15) is 17.6 Å². The molecule has 4 rings (SSSR count). The van der Waals surface area contributed by atoms with Crippen LogP contribution in [0.3, 0.4) is 0 Å². The smallest absolute Gasteiger partial charge is 0.271 e. The zero-order valence-corrected chi connectivity index (χ0v) is 20.5. The first kappa shape index (κ1) is 25.1. The molecule has 10 nitrogen and oxygen atoms in total. The second kappa shape index (κ2) is 9.59. The fraction of sp³-hybridized carbons (Fsp3) is 0.136. The number of nitrogens with one attached hydrogen (secondary N) is 2. The predicted octanol–water partition coefficient (Wildman–Crippen LogP) is 3.51. The summed E-state index contributed by atoms with van der Waals surface area (Å²) in [5.41, 5.74) is -0.765. The Morgan fingerprint density at radius 2 is 1.86 bits per heavy atom. The lowest BCUT2D eigenvalue weighted by Gasteiger charge is -2.16. The topological polar surface area (TPSA) is 124 Å². The molecule has 3 aromatic heterocycles. The minimum atomic E-state index is -4.45. The van der Waals surface area contributed by atoms with E-state index in [4.69, 9.17) is 21.1 Å². The number of rotatable bonds is 7. The Morgan fingerprint density at radius 1 is 1.11 bits per heavy atom. The second-order valence-corrected chi connectivity index (χ2v) is 9.32. The quantitative estimate of drug-likeness (QED) is 0.370. The maximum Gasteiger partial charge on any atom is 0.271 e. The number of nitrogens with zero attached hydrogens (tertiary/aromatic N) is 3. The van der Waals surface area contributed by atoms with Gasteiger partial charge in [0.25, 0.3) is 15.9 Å². The van der Waals surface area contributed by atoms with Gasteiger partial charge in [-0.25, -0.2) is 27.2 Å². The zero-order valence-electron chi connectivity index (χ0n) is 19.0. The molecule has 0 atom stereocenters. The largest absolute Gasteiger partial charge is 0.481 e. The summed E-state index contributed by atoms with van der Waals surface area (Å²) in [4.78, 5) is 19.5. The molecule has 0 aliphatic carbocycles. The average molecular weight is 538 g/mol. The molecule has 188 valence electrons. The van der Waals surface area contributed by atoms with Gasteiger partial charge in [-0.15, -0.1) is 0 Å². The third kappa shape index (κ3) is 4.27. The molecule has 36 heavy (non-hydrogen) atoms. The fourth-order valence-electron chi connectivity index (χ4n) is 3.57. The highest BCUT2D eigenvalue weighted by atomic mass is 35.5. The average Bonchev–Trinajstić information content (AvgIpc) is 3.29. The lowest BCUT2D eigenvalue weighted by Crippen LogP contribution is -2.18. The summed E-state index contributed by atoms with van der Waals surface area (Å²) in [5, 5.41) is 2.46. The summed E-state index contributed by atoms with van der Waals surface area (Å²) in [7, 11) is -0.527. The Kier molecular flexibility index (Phi) is 6.69. The number of fused-ring (bicyclic) bond motifs is 1. The van der Waals surface area contributed by atoms with Crippen molar-refractivity contribution in [2.24, 2.45) is 0 Å². The number of benzene rings is 1. The van der Waals surface area contributed by atoms with Gasteiger partial charge in [-0.2, -0.15) is 0 Å². The molecule has 0 saturated carbocycles. The van der Waals surface area contributed by atoms with Crippen LogP contribution in [0.1, 0.15) is 10.5 Å². The number of pyridine rings is 2. The molecule has 3 heterocycles. The van der Waals surface area contributed by atoms with Crippen molar-refractivity contribution >= 4 is 38.7 Å². The van der Waals surface area contributed by atoms with Crippen molar-refractivity contribution in [2.75, 3.05) is 26.0 Å². The van der Waals surface area contributed by atoms with E-state index in [0.29, 0.717) is 5.52 Å². The van der Waals surface area contributed by atoms with Crippen LogP contribution >= 0.6 is 11.6 Å². The molecule has 0 bridgehead atoms. The van der Waals surface area contributed by atoms with Gasteiger partial charge in [0.1, 0.15) is 12.1 Å². The number of halogens is 3. The van der Waals surface area contributed by atoms with E-state index in [1.807, 2.05) is 0 Å². The normalized spacial score (nSPS) is 11.4. The van der Waals surface area contributed by atoms with Crippen molar-refractivity contribution in [1.29, 1.82) is 0 Å². The number of methoxy groups -OCH3 is 2. The fourth-order valence-corrected chi connectivity index (χ4v) is 4.99. The highest BCUT2D eigenvalue weighted by Gasteiger charge is 2.27. The van der Waals surface area contributed by atoms with Crippen LogP contribution in [0.2, 0.25) is 5.02 Å². The third-order valence-corrected chi connectivity index (χ3v) is 6.74. The van der Waals surface area contributed by atoms with Crippen molar-refractivity contribution in [3.8, 4) is 22.9 Å². The number of hydrogen-bond donors (Lipinski definition) is 2. The lowest BCUT2D eigenvalue weighted by atomic mass is 10.0. The van der Waals surface area contributed by atoms with Gasteiger partial charge in [0.2, 0.25) is 11.8 Å². The van der Waals surface area contributed by atoms with Gasteiger partial charge in [-0.3, -0.25) is 13.9 Å². The van der Waals surface area contributed by atoms with Gasteiger partial charge >= 0.3 is 0 Å². The minimum absolute atomic E-state index is 0.00550. The van der Waals surface area contributed by atoms with E-state index in [0.717, 1.165) is 18.2 Å². The molecule has 1 amide bonds. The number of sulfonamides is 1. The molecule has 14 heteroatoms. The monoisotopic (exact) mass is 537 g/mol. The number of carbonyl (C=O) groups is 1. The molecule has 0 spiro atoms. The van der Waals surface area contributed by atoms with E-state index in [1.165, 1.54) is 50.3 Å². The Bertz CT molecular complexity index is 1610. The Morgan fingerprint density at radius 3 is 2.53 bits per heavy atom. The Hall–Kier alpha value is -3.97. The number of aromatic nitrogens is 3. The van der Waals surface area contributed by atoms with Gasteiger partial charge in [-0.1, -0.05) is 11.6 Å². The van der Waals surface area contributed by atoms with Crippen molar-refractivity contribution in [3.05, 3.63) is 65.2 Å². The number of ether oxygens (including phenoxy) is 2. The number of imidazole rings is 1. The van der Waals surface area contributed by atoms with Gasteiger partial charge in [0.15, 0.2) is 16.4 Å². The van der Waals surface area contributed by atoms with Gasteiger partial charge in [0, 0.05) is 18.8 Å². The maximum atomic E-state index is 15.6. The molecule has 2 N–H and O–H groups in total. The van der Waals surface area contributed by atoms with Crippen LogP contribution in [-0.4, -0.2) is 50.0 Å². The predicted molar refractivity (Wildman–Crippen MR) is 127 cm³/mol. The molecule has 4 aromatic rings. The SMILES string of the molecule is CNC(=O)c1ncn2c(OC)c(-c3c(F)ccc(NS(=O)(=O)c4cc(Cl)cnc4OC)c3F)ccc12. The molecule has 0 unspecified atom stereocenters. The van der Waals surface area contributed by atoms with Crippen molar-refractivity contribution in [3.63, 3.8) is 0 Å². The van der Waals surface area contributed by atoms with Crippen molar-refractivity contribution in [1.82, 2.24) is 19.7 Å². The Balaban J connectivity index is 1.85. The molecule has 0 saturated heterocycles. The number of carbonyl (C=O) groups excluding carboxylic acids is 1. The van der Waals surface area contributed by atoms with E-state index >= 15 is 4.39 Å². The summed E-state index contributed by atoms with van der Waals surface area (Å²) in [6, 6.07) is 5.69. The van der Waals surface area contributed by atoms with Crippen LogP contribution in [0.25, 0.3) is 16.6 Å². The first-order valence-corrected chi connectivity index (χ1v) is 12.0. The first-order chi connectivity index (χ1) is 17.1. The zero-order chi connectivity index (χ0) is 26.2. The van der Waals surface area contributed by atoms with Crippen LogP contribution in [0.15, 0.2) is 47.8 Å². The summed E-state index contributed by atoms with van der Waals surface area (Å²) < 4.78 is 70.3. The van der Waals surface area contributed by atoms with Crippen LogP contribution in [0.4, 0.5) is 14.5 Å². The molecule has 1 aromatic carbocycles. The van der Waals surface area contributed by atoms with E-state index < -0.39 is 43.7 Å². The summed E-state index contributed by atoms with van der Waals surface area (Å²) in [6.07, 6.45) is 2.45. The van der Waals surface area contributed by atoms with Crippen LogP contribution < -0.4 is 19.5 Å². The van der Waals surface area contributed by atoms with Crippen LogP contribution in [0, 0.1) is 11.6 Å². The van der Waals surface area contributed by atoms with Crippen molar-refractivity contribution < 1.29 is 31.5 Å². The minimum Gasteiger partial charge on any atom is -0.481 e. The Labute approximate surface area is 208 Å². The number of anilines is 1. The number of amides is 1.